The first kappa shape index (κ1) is 72.9. The summed E-state index contributed by atoms with van der Waals surface area (Å²) in [6.07, 6.45) is 4.67. The lowest BCUT2D eigenvalue weighted by molar-refractivity contribution is -0.143. The van der Waals surface area contributed by atoms with Gasteiger partial charge in [0.1, 0.15) is 25.0 Å². The number of benzene rings is 1. The molecule has 1 unspecified atom stereocenters. The summed E-state index contributed by atoms with van der Waals surface area (Å²) in [5, 5.41) is 15.4. The average molecular weight is 1220 g/mol. The fourth-order valence-electron chi connectivity index (χ4n) is 9.35. The van der Waals surface area contributed by atoms with E-state index >= 15 is 0 Å². The Morgan fingerprint density at radius 1 is 0.558 bits per heavy atom. The van der Waals surface area contributed by atoms with Crippen molar-refractivity contribution in [2.45, 2.75) is 105 Å². The molecule has 4 rings (SSSR count). The minimum atomic E-state index is -1.08. The maximum atomic E-state index is 13.1. The van der Waals surface area contributed by atoms with Crippen molar-refractivity contribution >= 4 is 53.0 Å². The van der Waals surface area contributed by atoms with Crippen LogP contribution in [0.25, 0.3) is 0 Å². The van der Waals surface area contributed by atoms with Gasteiger partial charge < -0.3 is 79.3 Å². The zero-order valence-electron chi connectivity index (χ0n) is 51.5. The van der Waals surface area contributed by atoms with Gasteiger partial charge in [0.15, 0.2) is 5.78 Å². The van der Waals surface area contributed by atoms with Crippen LogP contribution in [0.2, 0.25) is 0 Å². The van der Waals surface area contributed by atoms with E-state index in [1.54, 1.807) is 30.3 Å². The second-order valence-corrected chi connectivity index (χ2v) is 23.5. The highest BCUT2D eigenvalue weighted by Gasteiger charge is 2.54. The number of carbonyl (C=O) groups excluding carboxylic acids is 9. The molecule has 1 aromatic carbocycles. The van der Waals surface area contributed by atoms with Gasteiger partial charge >= 0.3 is 0 Å². The fourth-order valence-corrected chi connectivity index (χ4v) is 9.35. The number of amides is 8. The summed E-state index contributed by atoms with van der Waals surface area (Å²) in [5.41, 5.74) is -0.987. The molecule has 26 nitrogen and oxygen atoms in total. The number of rotatable bonds is 46. The van der Waals surface area contributed by atoms with Crippen LogP contribution >= 0.6 is 0 Å². The molecule has 2 aliphatic carbocycles. The van der Waals surface area contributed by atoms with Gasteiger partial charge in [-0.2, -0.15) is 0 Å². The molecule has 1 aromatic rings. The van der Waals surface area contributed by atoms with Crippen molar-refractivity contribution in [3.63, 3.8) is 0 Å². The third-order valence-electron chi connectivity index (χ3n) is 14.4. The Balaban J connectivity index is 0.845. The van der Waals surface area contributed by atoms with E-state index in [0.717, 1.165) is 31.2 Å². The van der Waals surface area contributed by atoms with Crippen LogP contribution in [0.3, 0.4) is 0 Å². The molecular formula is C60H97N7O19. The standard InChI is InChI=1S/C60H97N7O19/c1-58(2,3)47-37-53(72)67(56(47)75)41-45-12-14-46(15-13-45)54(73)61-18-19-77-20-21-78-22-23-79-24-25-80-26-27-81-28-29-82-30-31-83-32-33-84-34-35-85-42-52(71)63-38-49(68)62-40-51(70)66-48(36-44-10-8-7-9-11-44)55(74)64-39-50(69)65-43-86-60(16-17-60)57(76)59(4,5)6/h7-11,45-48H,12-43H2,1-6H3,(H,61,73)(H,62,68)(H,63,71)(H,64,74)(H,65,69)(H,66,70)/t45?,46?,47?,48-/m0/s1. The van der Waals surface area contributed by atoms with E-state index in [1.165, 1.54) is 4.90 Å². The molecule has 1 heterocycles. The SMILES string of the molecule is CC(C)(C)C(=O)C1(OCNC(=O)CNC(=O)[C@H](Cc2ccccc2)NC(=O)CNC(=O)CNC(=O)COCCOCCOCCOCCOCCOCCOCCOCCOCCNC(=O)C2CCC(CN3C(=O)CC(C(C)(C)C)C3=O)CC2)CC1. The minimum absolute atomic E-state index is 0.0238. The van der Waals surface area contributed by atoms with Gasteiger partial charge in [0, 0.05) is 37.3 Å². The first-order valence-corrected chi connectivity index (χ1v) is 30.1. The Morgan fingerprint density at radius 3 is 1.51 bits per heavy atom. The van der Waals surface area contributed by atoms with Gasteiger partial charge in [-0.05, 0) is 55.4 Å². The monoisotopic (exact) mass is 1220 g/mol. The van der Waals surface area contributed by atoms with Crippen LogP contribution in [0.1, 0.15) is 92.1 Å². The van der Waals surface area contributed by atoms with Crippen LogP contribution in [-0.2, 0) is 96.9 Å². The zero-order chi connectivity index (χ0) is 62.6. The third kappa shape index (κ3) is 29.9. The first-order chi connectivity index (χ1) is 41.2. The predicted molar refractivity (Wildman–Crippen MR) is 312 cm³/mol. The Labute approximate surface area is 506 Å². The van der Waals surface area contributed by atoms with Crippen LogP contribution < -0.4 is 31.9 Å². The maximum Gasteiger partial charge on any atom is 0.246 e. The van der Waals surface area contributed by atoms with Crippen LogP contribution in [0.5, 0.6) is 0 Å². The molecule has 0 bridgehead atoms. The molecule has 26 heteroatoms. The molecule has 1 saturated heterocycles. The summed E-state index contributed by atoms with van der Waals surface area (Å²) in [6, 6.07) is 7.83. The number of imide groups is 1. The number of carbonyl (C=O) groups is 9. The second-order valence-electron chi connectivity index (χ2n) is 23.5. The molecule has 1 aliphatic heterocycles. The number of nitrogens with one attached hydrogen (secondary N) is 6. The van der Waals surface area contributed by atoms with Gasteiger partial charge in [-0.1, -0.05) is 71.9 Å². The van der Waals surface area contributed by atoms with Gasteiger partial charge in [-0.15, -0.1) is 0 Å². The van der Waals surface area contributed by atoms with Crippen LogP contribution in [0, 0.1) is 28.6 Å². The quantitative estimate of drug-likeness (QED) is 0.0299. The molecule has 6 N–H and O–H groups in total. The topological polar surface area (TPSA) is 321 Å². The highest BCUT2D eigenvalue weighted by Crippen LogP contribution is 2.45. The van der Waals surface area contributed by atoms with Gasteiger partial charge in [0.25, 0.3) is 0 Å². The molecule has 3 fully saturated rings. The molecule has 2 saturated carbocycles. The minimum Gasteiger partial charge on any atom is -0.377 e. The Bertz CT molecular complexity index is 2230. The molecule has 8 amide bonds. The highest BCUT2D eigenvalue weighted by atomic mass is 16.6. The Hall–Kier alpha value is -5.55. The number of hydrogen-bond donors (Lipinski definition) is 6. The first-order valence-electron chi connectivity index (χ1n) is 30.1. The van der Waals surface area contributed by atoms with Crippen molar-refractivity contribution in [1.82, 2.24) is 36.8 Å². The molecule has 486 valence electrons. The van der Waals surface area contributed by atoms with Crippen molar-refractivity contribution in [3.05, 3.63) is 35.9 Å². The van der Waals surface area contributed by atoms with Crippen molar-refractivity contribution in [2.24, 2.45) is 28.6 Å². The van der Waals surface area contributed by atoms with E-state index in [-0.39, 0.29) is 86.1 Å². The number of nitrogens with zero attached hydrogens (tertiary/aromatic N) is 1. The van der Waals surface area contributed by atoms with E-state index in [9.17, 15) is 43.2 Å². The number of ketones is 1. The predicted octanol–water partition coefficient (Wildman–Crippen LogP) is 0.794. The van der Waals surface area contributed by atoms with Gasteiger partial charge in [0.2, 0.25) is 47.3 Å². The molecule has 0 spiro atoms. The summed E-state index contributed by atoms with van der Waals surface area (Å²) < 4.78 is 55.1. The fraction of sp³-hybridized carbons (Fsp3) is 0.750. The normalized spacial score (nSPS) is 17.8. The van der Waals surface area contributed by atoms with Gasteiger partial charge in [-0.3, -0.25) is 48.1 Å². The molecule has 3 aliphatic rings. The molecule has 2 atom stereocenters. The highest BCUT2D eigenvalue weighted by molar-refractivity contribution is 6.04. The molecular weight excluding hydrogens is 1120 g/mol. The number of ether oxygens (including phenoxy) is 10. The van der Waals surface area contributed by atoms with Crippen molar-refractivity contribution in [2.75, 3.05) is 158 Å². The summed E-state index contributed by atoms with van der Waals surface area (Å²) in [4.78, 5) is 115. The van der Waals surface area contributed by atoms with Gasteiger partial charge in [0.05, 0.1) is 138 Å². The summed E-state index contributed by atoms with van der Waals surface area (Å²) >= 11 is 0. The number of likely N-dealkylation sites (tertiary alicyclic amines) is 1. The lowest BCUT2D eigenvalue weighted by Crippen LogP contribution is -2.52. The summed E-state index contributed by atoms with van der Waals surface area (Å²) in [7, 11) is 0. The third-order valence-corrected chi connectivity index (χ3v) is 14.4. The van der Waals surface area contributed by atoms with E-state index in [1.807, 2.05) is 41.5 Å². The van der Waals surface area contributed by atoms with Crippen LogP contribution in [0.15, 0.2) is 30.3 Å². The van der Waals surface area contributed by atoms with Gasteiger partial charge in [-0.25, -0.2) is 0 Å². The molecule has 86 heavy (non-hydrogen) atoms. The smallest absolute Gasteiger partial charge is 0.246 e. The number of Topliss-reactive ketones (excluding diaryl/α,β-unsaturated/α-hetero) is 1. The van der Waals surface area contributed by atoms with E-state index in [0.29, 0.717) is 125 Å². The number of hydrogen-bond acceptors (Lipinski definition) is 19. The molecule has 0 radical (unpaired) electrons. The lowest BCUT2D eigenvalue weighted by Gasteiger charge is -2.31. The van der Waals surface area contributed by atoms with E-state index < -0.39 is 66.2 Å². The van der Waals surface area contributed by atoms with Crippen molar-refractivity contribution < 1.29 is 90.5 Å². The lowest BCUT2D eigenvalue weighted by atomic mass is 9.79. The Morgan fingerprint density at radius 2 is 1.02 bits per heavy atom. The van der Waals surface area contributed by atoms with Crippen molar-refractivity contribution in [3.8, 4) is 0 Å². The van der Waals surface area contributed by atoms with Crippen LogP contribution in [-0.4, -0.2) is 228 Å². The van der Waals surface area contributed by atoms with Crippen LogP contribution in [0.4, 0.5) is 0 Å². The van der Waals surface area contributed by atoms with Crippen molar-refractivity contribution in [1.29, 1.82) is 0 Å². The maximum absolute atomic E-state index is 13.1. The molecule has 0 aromatic heterocycles. The Kier molecular flexibility index (Phi) is 34.0. The second kappa shape index (κ2) is 40.1. The van der Waals surface area contributed by atoms with E-state index in [4.69, 9.17) is 47.4 Å². The van der Waals surface area contributed by atoms with E-state index in [2.05, 4.69) is 31.9 Å². The average Bonchev–Trinajstić information content (AvgIpc) is 2.08. The summed E-state index contributed by atoms with van der Waals surface area (Å²) in [6.45, 7) is 16.8. The zero-order valence-corrected chi connectivity index (χ0v) is 51.5. The largest absolute Gasteiger partial charge is 0.377 e. The summed E-state index contributed by atoms with van der Waals surface area (Å²) in [5.74, 6) is -3.28.